The third kappa shape index (κ3) is 3.33. The van der Waals surface area contributed by atoms with Crippen molar-refractivity contribution in [3.05, 3.63) is 47.2 Å². The van der Waals surface area contributed by atoms with Crippen molar-refractivity contribution in [2.75, 3.05) is 12.4 Å². The summed E-state index contributed by atoms with van der Waals surface area (Å²) in [5.41, 5.74) is 1.83. The zero-order valence-corrected chi connectivity index (χ0v) is 13.6. The van der Waals surface area contributed by atoms with Crippen LogP contribution >= 0.6 is 11.5 Å². The highest BCUT2D eigenvalue weighted by molar-refractivity contribution is 7.11. The number of nitrogens with zero attached hydrogens (tertiary/aromatic N) is 1. The molecular formula is C16H18N2O3S. The monoisotopic (exact) mass is 318 g/mol. The average Bonchev–Trinajstić information content (AvgIpc) is 2.89. The van der Waals surface area contributed by atoms with Crippen LogP contribution in [-0.2, 0) is 9.53 Å². The molecule has 0 saturated carbocycles. The molecule has 1 aromatic heterocycles. The van der Waals surface area contributed by atoms with Crippen molar-refractivity contribution in [2.45, 2.75) is 26.2 Å². The molecule has 1 amide bonds. The second-order valence-corrected chi connectivity index (χ2v) is 5.60. The van der Waals surface area contributed by atoms with Crippen molar-refractivity contribution in [1.29, 1.82) is 0 Å². The van der Waals surface area contributed by atoms with Crippen LogP contribution in [0.15, 0.2) is 30.3 Å². The van der Waals surface area contributed by atoms with E-state index in [1.54, 1.807) is 6.92 Å². The minimum atomic E-state index is -0.491. The molecule has 22 heavy (non-hydrogen) atoms. The van der Waals surface area contributed by atoms with E-state index in [0.29, 0.717) is 22.7 Å². The van der Waals surface area contributed by atoms with Crippen LogP contribution in [0.3, 0.4) is 0 Å². The van der Waals surface area contributed by atoms with Gasteiger partial charge in [0, 0.05) is 0 Å². The molecular weight excluding hydrogens is 300 g/mol. The Balaban J connectivity index is 2.23. The number of methoxy groups -OCH3 is 1. The lowest BCUT2D eigenvalue weighted by Crippen LogP contribution is -2.21. The summed E-state index contributed by atoms with van der Waals surface area (Å²) >= 11 is 1.09. The highest BCUT2D eigenvalue weighted by Gasteiger charge is 2.24. The molecule has 0 aliphatic heterocycles. The SMILES string of the molecule is CCC(C(=O)Nc1snc(C)c1C(=O)OC)c1ccccc1. The first-order valence-electron chi connectivity index (χ1n) is 6.98. The number of aryl methyl sites for hydroxylation is 1. The highest BCUT2D eigenvalue weighted by Crippen LogP contribution is 2.28. The summed E-state index contributed by atoms with van der Waals surface area (Å²) in [5, 5.41) is 3.25. The maximum Gasteiger partial charge on any atom is 0.342 e. The molecule has 2 rings (SSSR count). The minimum absolute atomic E-state index is 0.150. The molecule has 0 bridgehead atoms. The number of anilines is 1. The Morgan fingerprint density at radius 2 is 2.00 bits per heavy atom. The van der Waals surface area contributed by atoms with E-state index in [1.165, 1.54) is 7.11 Å². The molecule has 1 heterocycles. The summed E-state index contributed by atoms with van der Waals surface area (Å²) in [6.45, 7) is 3.67. The van der Waals surface area contributed by atoms with Gasteiger partial charge in [0.1, 0.15) is 10.6 Å². The molecule has 0 radical (unpaired) electrons. The van der Waals surface area contributed by atoms with Gasteiger partial charge < -0.3 is 10.1 Å². The molecule has 1 N–H and O–H groups in total. The van der Waals surface area contributed by atoms with E-state index in [2.05, 4.69) is 9.69 Å². The molecule has 2 aromatic rings. The van der Waals surface area contributed by atoms with E-state index >= 15 is 0 Å². The third-order valence-corrected chi connectivity index (χ3v) is 4.27. The molecule has 0 aliphatic rings. The van der Waals surface area contributed by atoms with Crippen LogP contribution in [0.1, 0.15) is 40.9 Å². The Morgan fingerprint density at radius 3 is 2.59 bits per heavy atom. The number of hydrogen-bond donors (Lipinski definition) is 1. The molecule has 0 aliphatic carbocycles. The number of carbonyl (C=O) groups excluding carboxylic acids is 2. The summed E-state index contributed by atoms with van der Waals surface area (Å²) in [5.74, 6) is -0.911. The summed E-state index contributed by atoms with van der Waals surface area (Å²) < 4.78 is 8.87. The van der Waals surface area contributed by atoms with Crippen molar-refractivity contribution in [3.8, 4) is 0 Å². The number of nitrogens with one attached hydrogen (secondary N) is 1. The summed E-state index contributed by atoms with van der Waals surface area (Å²) in [6, 6.07) is 9.57. The maximum atomic E-state index is 12.5. The molecule has 1 atom stereocenters. The standard InChI is InChI=1S/C16H18N2O3S/c1-4-12(11-8-6-5-7-9-11)14(19)17-15-13(16(20)21-3)10(2)18-22-15/h5-9,12H,4H2,1-3H3,(H,17,19). The van der Waals surface area contributed by atoms with E-state index in [4.69, 9.17) is 4.74 Å². The lowest BCUT2D eigenvalue weighted by atomic mass is 9.96. The van der Waals surface area contributed by atoms with E-state index in [0.717, 1.165) is 17.1 Å². The van der Waals surface area contributed by atoms with Crippen molar-refractivity contribution >= 4 is 28.4 Å². The largest absolute Gasteiger partial charge is 0.465 e. The van der Waals surface area contributed by atoms with Gasteiger partial charge in [-0.2, -0.15) is 4.37 Å². The summed E-state index contributed by atoms with van der Waals surface area (Å²) in [7, 11) is 1.31. The van der Waals surface area contributed by atoms with Gasteiger partial charge in [0.05, 0.1) is 18.7 Å². The molecule has 0 fully saturated rings. The minimum Gasteiger partial charge on any atom is -0.465 e. The summed E-state index contributed by atoms with van der Waals surface area (Å²) in [6.07, 6.45) is 0.668. The third-order valence-electron chi connectivity index (χ3n) is 3.42. The van der Waals surface area contributed by atoms with E-state index in [1.807, 2.05) is 37.3 Å². The molecule has 116 valence electrons. The predicted octanol–water partition coefficient (Wildman–Crippen LogP) is 3.37. The Morgan fingerprint density at radius 1 is 1.32 bits per heavy atom. The number of hydrogen-bond acceptors (Lipinski definition) is 5. The maximum absolute atomic E-state index is 12.5. The fourth-order valence-electron chi connectivity index (χ4n) is 2.25. The number of amides is 1. The summed E-state index contributed by atoms with van der Waals surface area (Å²) in [4.78, 5) is 24.3. The van der Waals surface area contributed by atoms with E-state index in [9.17, 15) is 9.59 Å². The fraction of sp³-hybridized carbons (Fsp3) is 0.312. The average molecular weight is 318 g/mol. The Kier molecular flexibility index (Phi) is 5.27. The van der Waals surface area contributed by atoms with Gasteiger partial charge >= 0.3 is 5.97 Å². The zero-order chi connectivity index (χ0) is 16.1. The van der Waals surface area contributed by atoms with Gasteiger partial charge in [-0.25, -0.2) is 4.79 Å². The molecule has 1 unspecified atom stereocenters. The van der Waals surface area contributed by atoms with Crippen LogP contribution < -0.4 is 5.32 Å². The first kappa shape index (κ1) is 16.2. The lowest BCUT2D eigenvalue weighted by Gasteiger charge is -2.15. The van der Waals surface area contributed by atoms with Gasteiger partial charge in [-0.05, 0) is 30.4 Å². The van der Waals surface area contributed by atoms with Crippen LogP contribution in [-0.4, -0.2) is 23.4 Å². The normalized spacial score (nSPS) is 11.8. The van der Waals surface area contributed by atoms with Crippen LogP contribution in [0.5, 0.6) is 0 Å². The Hall–Kier alpha value is -2.21. The van der Waals surface area contributed by atoms with Gasteiger partial charge in [0.2, 0.25) is 5.91 Å². The van der Waals surface area contributed by atoms with E-state index < -0.39 is 5.97 Å². The molecule has 1 aromatic carbocycles. The number of carbonyl (C=O) groups is 2. The quantitative estimate of drug-likeness (QED) is 0.858. The van der Waals surface area contributed by atoms with Crippen LogP contribution in [0.25, 0.3) is 0 Å². The van der Waals surface area contributed by atoms with Gasteiger partial charge in [0.25, 0.3) is 0 Å². The van der Waals surface area contributed by atoms with Crippen molar-refractivity contribution < 1.29 is 14.3 Å². The fourth-order valence-corrected chi connectivity index (χ4v) is 3.04. The first-order chi connectivity index (χ1) is 10.6. The second-order valence-electron chi connectivity index (χ2n) is 4.82. The van der Waals surface area contributed by atoms with Gasteiger partial charge in [-0.15, -0.1) is 0 Å². The van der Waals surface area contributed by atoms with Crippen LogP contribution in [0.4, 0.5) is 5.00 Å². The van der Waals surface area contributed by atoms with Crippen molar-refractivity contribution in [2.24, 2.45) is 0 Å². The number of esters is 1. The number of benzene rings is 1. The van der Waals surface area contributed by atoms with Gasteiger partial charge in [-0.3, -0.25) is 4.79 Å². The molecule has 6 heteroatoms. The topological polar surface area (TPSA) is 68.3 Å². The van der Waals surface area contributed by atoms with Crippen LogP contribution in [0.2, 0.25) is 0 Å². The lowest BCUT2D eigenvalue weighted by molar-refractivity contribution is -0.117. The zero-order valence-electron chi connectivity index (χ0n) is 12.8. The smallest absolute Gasteiger partial charge is 0.342 e. The second kappa shape index (κ2) is 7.17. The molecule has 5 nitrogen and oxygen atoms in total. The Labute approximate surface area is 133 Å². The number of rotatable bonds is 5. The van der Waals surface area contributed by atoms with Crippen LogP contribution in [0, 0.1) is 6.92 Å². The first-order valence-corrected chi connectivity index (χ1v) is 7.76. The highest BCUT2D eigenvalue weighted by atomic mass is 32.1. The molecule has 0 spiro atoms. The molecule has 0 saturated heterocycles. The number of aromatic nitrogens is 1. The van der Waals surface area contributed by atoms with Gasteiger partial charge in [0.15, 0.2) is 0 Å². The van der Waals surface area contributed by atoms with E-state index in [-0.39, 0.29) is 11.8 Å². The van der Waals surface area contributed by atoms with Gasteiger partial charge in [-0.1, -0.05) is 37.3 Å². The predicted molar refractivity (Wildman–Crippen MR) is 86.3 cm³/mol. The number of ether oxygens (including phenoxy) is 1. The van der Waals surface area contributed by atoms with Crippen molar-refractivity contribution in [3.63, 3.8) is 0 Å². The van der Waals surface area contributed by atoms with Crippen molar-refractivity contribution in [1.82, 2.24) is 4.37 Å². The Bertz CT molecular complexity index is 667.